The predicted octanol–water partition coefficient (Wildman–Crippen LogP) is 5.26. The van der Waals surface area contributed by atoms with Crippen molar-refractivity contribution in [1.82, 2.24) is 4.57 Å². The van der Waals surface area contributed by atoms with Gasteiger partial charge in [-0.25, -0.2) is 14.2 Å². The molecule has 0 N–H and O–H groups in total. The van der Waals surface area contributed by atoms with E-state index in [4.69, 9.17) is 18.9 Å². The number of allylic oxidation sites excluding steroid dienone is 1. The maximum Gasteiger partial charge on any atom is 0.337 e. The summed E-state index contributed by atoms with van der Waals surface area (Å²) >= 11 is 1.22. The summed E-state index contributed by atoms with van der Waals surface area (Å²) in [5.74, 6) is 0.746. The van der Waals surface area contributed by atoms with E-state index in [-0.39, 0.29) is 23.6 Å². The number of carbonyl (C=O) groups excluding carboxylic acids is 1. The topological polar surface area (TPSA) is 88.4 Å². The number of benzene rings is 3. The number of rotatable bonds is 12. The molecule has 0 saturated carbocycles. The molecule has 0 aliphatic carbocycles. The quantitative estimate of drug-likeness (QED) is 0.157. The van der Waals surface area contributed by atoms with Crippen molar-refractivity contribution in [3.63, 3.8) is 0 Å². The number of aromatic nitrogens is 1. The number of hydrogen-bond acceptors (Lipinski definition) is 8. The second-order valence-corrected chi connectivity index (χ2v) is 11.0. The van der Waals surface area contributed by atoms with Gasteiger partial charge in [0.05, 0.1) is 36.5 Å². The van der Waals surface area contributed by atoms with Crippen LogP contribution in [0.1, 0.15) is 42.1 Å². The van der Waals surface area contributed by atoms with Gasteiger partial charge < -0.3 is 18.9 Å². The average molecular weight is 629 g/mol. The lowest BCUT2D eigenvalue weighted by atomic mass is 9.97. The minimum Gasteiger partial charge on any atom is -0.490 e. The number of nitrogens with zero attached hydrogens (tertiary/aromatic N) is 2. The van der Waals surface area contributed by atoms with E-state index in [9.17, 15) is 14.0 Å². The van der Waals surface area contributed by atoms with Crippen molar-refractivity contribution < 1.29 is 28.1 Å². The van der Waals surface area contributed by atoms with E-state index in [1.54, 1.807) is 54.6 Å². The third kappa shape index (κ3) is 6.76. The van der Waals surface area contributed by atoms with Gasteiger partial charge in [0.2, 0.25) is 0 Å². The zero-order valence-corrected chi connectivity index (χ0v) is 26.1. The van der Waals surface area contributed by atoms with Gasteiger partial charge in [0.15, 0.2) is 16.3 Å². The van der Waals surface area contributed by atoms with Crippen LogP contribution in [0.3, 0.4) is 0 Å². The van der Waals surface area contributed by atoms with Crippen molar-refractivity contribution in [2.45, 2.75) is 32.9 Å². The molecule has 4 aromatic rings. The molecule has 232 valence electrons. The van der Waals surface area contributed by atoms with Gasteiger partial charge >= 0.3 is 5.97 Å². The SMILES string of the molecule is C=CCc1cc(/C=c2\sc3n(c2=O)[C@H](c2ccc(OCC)c(OCC)c2)C(C(=O)OC)=CN=3)ccc1OCc1ccccc1F. The Bertz CT molecular complexity index is 1940. The first-order valence-corrected chi connectivity index (χ1v) is 15.3. The lowest BCUT2D eigenvalue weighted by Crippen LogP contribution is -2.39. The molecule has 3 aromatic carbocycles. The lowest BCUT2D eigenvalue weighted by Gasteiger charge is -2.23. The highest BCUT2D eigenvalue weighted by Crippen LogP contribution is 2.35. The predicted molar refractivity (Wildman–Crippen MR) is 171 cm³/mol. The molecule has 10 heteroatoms. The number of carbonyl (C=O) groups is 1. The van der Waals surface area contributed by atoms with Gasteiger partial charge in [-0.2, -0.15) is 0 Å². The number of fused-ring (bicyclic) bond motifs is 1. The van der Waals surface area contributed by atoms with Crippen LogP contribution in [0.25, 0.3) is 6.08 Å². The maximum atomic E-state index is 14.1. The standard InChI is InChI=1S/C35H33FN2O6S/c1-5-10-23-17-22(13-15-28(23)44-21-25-11-8-9-12-27(25)36)18-31-33(39)38-32(26(34(40)41-4)20-37-35(38)45-31)24-14-16-29(42-6-2)30(19-24)43-7-3/h5,8-9,11-20,32H,1,6-7,10,21H2,2-4H3/b31-18-/t32-/m1/s1. The van der Waals surface area contributed by atoms with Gasteiger partial charge in [-0.1, -0.05) is 47.7 Å². The minimum atomic E-state index is -0.795. The van der Waals surface area contributed by atoms with Gasteiger partial charge in [-0.15, -0.1) is 6.58 Å². The number of ether oxygens (including phenoxy) is 4. The molecular weight excluding hydrogens is 595 g/mol. The molecule has 8 nitrogen and oxygen atoms in total. The van der Waals surface area contributed by atoms with E-state index in [0.717, 1.165) is 11.1 Å². The van der Waals surface area contributed by atoms with E-state index in [0.29, 0.717) is 57.3 Å². The molecule has 0 bridgehead atoms. The van der Waals surface area contributed by atoms with Crippen LogP contribution in [0.2, 0.25) is 0 Å². The largest absolute Gasteiger partial charge is 0.490 e. The summed E-state index contributed by atoms with van der Waals surface area (Å²) in [6.07, 6.45) is 5.49. The fraction of sp³-hybridized carbons (Fsp3) is 0.229. The minimum absolute atomic E-state index is 0.0772. The number of methoxy groups -OCH3 is 1. The van der Waals surface area contributed by atoms with Crippen molar-refractivity contribution in [3.05, 3.63) is 133 Å². The van der Waals surface area contributed by atoms with Crippen LogP contribution in [-0.4, -0.2) is 30.9 Å². The first kappa shape index (κ1) is 31.5. The summed E-state index contributed by atoms with van der Waals surface area (Å²) in [6, 6.07) is 16.6. The van der Waals surface area contributed by atoms with Crippen LogP contribution in [0.5, 0.6) is 17.2 Å². The highest BCUT2D eigenvalue weighted by Gasteiger charge is 2.31. The van der Waals surface area contributed by atoms with Crippen molar-refractivity contribution in [3.8, 4) is 17.2 Å². The fourth-order valence-corrected chi connectivity index (χ4v) is 6.02. The molecule has 0 amide bonds. The fourth-order valence-electron chi connectivity index (χ4n) is 5.05. The Labute approximate surface area is 264 Å². The molecule has 1 aromatic heterocycles. The average Bonchev–Trinajstić information content (AvgIpc) is 3.36. The van der Waals surface area contributed by atoms with Crippen molar-refractivity contribution in [2.24, 2.45) is 4.99 Å². The zero-order valence-electron chi connectivity index (χ0n) is 25.2. The summed E-state index contributed by atoms with van der Waals surface area (Å²) in [5, 5.41) is 0. The van der Waals surface area contributed by atoms with Crippen LogP contribution in [0.4, 0.5) is 4.39 Å². The van der Waals surface area contributed by atoms with E-state index in [2.05, 4.69) is 11.6 Å². The van der Waals surface area contributed by atoms with Crippen molar-refractivity contribution >= 4 is 23.4 Å². The Morgan fingerprint density at radius 1 is 1.00 bits per heavy atom. The highest BCUT2D eigenvalue weighted by molar-refractivity contribution is 7.07. The zero-order chi connectivity index (χ0) is 31.9. The molecule has 2 heterocycles. The monoisotopic (exact) mass is 628 g/mol. The molecule has 5 rings (SSSR count). The third-order valence-electron chi connectivity index (χ3n) is 7.10. The van der Waals surface area contributed by atoms with Crippen LogP contribution < -0.4 is 29.1 Å². The van der Waals surface area contributed by atoms with Crippen molar-refractivity contribution in [1.29, 1.82) is 0 Å². The molecule has 0 unspecified atom stereocenters. The third-order valence-corrected chi connectivity index (χ3v) is 8.09. The summed E-state index contributed by atoms with van der Waals surface area (Å²) < 4.78 is 38.6. The van der Waals surface area contributed by atoms with Gasteiger partial charge in [0.1, 0.15) is 18.2 Å². The highest BCUT2D eigenvalue weighted by atomic mass is 32.1. The molecule has 1 aliphatic heterocycles. The smallest absolute Gasteiger partial charge is 0.337 e. The second-order valence-electron chi connectivity index (χ2n) is 9.99. The van der Waals surface area contributed by atoms with Gasteiger partial charge in [0.25, 0.3) is 5.56 Å². The molecule has 0 radical (unpaired) electrons. The molecule has 1 aliphatic rings. The van der Waals surface area contributed by atoms with E-state index in [1.165, 1.54) is 35.3 Å². The Morgan fingerprint density at radius 2 is 1.76 bits per heavy atom. The molecular formula is C35H33FN2O6S. The first-order valence-electron chi connectivity index (χ1n) is 14.5. The molecule has 0 spiro atoms. The number of halogens is 1. The molecule has 45 heavy (non-hydrogen) atoms. The summed E-state index contributed by atoms with van der Waals surface area (Å²) in [7, 11) is 1.29. The number of thiazole rings is 1. The Morgan fingerprint density at radius 3 is 2.49 bits per heavy atom. The van der Waals surface area contributed by atoms with Crippen LogP contribution >= 0.6 is 11.3 Å². The molecule has 0 fully saturated rings. The van der Waals surface area contributed by atoms with E-state index < -0.39 is 12.0 Å². The number of esters is 1. The Kier molecular flexibility index (Phi) is 9.94. The van der Waals surface area contributed by atoms with Crippen LogP contribution in [0.15, 0.2) is 94.9 Å². The summed E-state index contributed by atoms with van der Waals surface area (Å²) in [5.41, 5.74) is 2.60. The second kappa shape index (κ2) is 14.2. The molecule has 0 saturated heterocycles. The lowest BCUT2D eigenvalue weighted by molar-refractivity contribution is -0.136. The van der Waals surface area contributed by atoms with Crippen LogP contribution in [0, 0.1) is 5.82 Å². The number of hydrogen-bond donors (Lipinski definition) is 0. The van der Waals surface area contributed by atoms with Gasteiger partial charge in [-0.05, 0) is 73.4 Å². The normalized spacial score (nSPS) is 14.2. The van der Waals surface area contributed by atoms with E-state index in [1.807, 2.05) is 26.0 Å². The van der Waals surface area contributed by atoms with Gasteiger partial charge in [0, 0.05) is 11.8 Å². The van der Waals surface area contributed by atoms with E-state index >= 15 is 0 Å². The molecule has 1 atom stereocenters. The summed E-state index contributed by atoms with van der Waals surface area (Å²) in [6.45, 7) is 8.54. The van der Waals surface area contributed by atoms with Gasteiger partial charge in [-0.3, -0.25) is 9.36 Å². The van der Waals surface area contributed by atoms with Crippen molar-refractivity contribution in [2.75, 3.05) is 20.3 Å². The Balaban J connectivity index is 1.55. The summed E-state index contributed by atoms with van der Waals surface area (Å²) in [4.78, 5) is 31.7. The Hall–Kier alpha value is -4.96. The maximum absolute atomic E-state index is 14.1. The first-order chi connectivity index (χ1) is 21.9. The van der Waals surface area contributed by atoms with Crippen LogP contribution in [-0.2, 0) is 22.6 Å².